The van der Waals surface area contributed by atoms with Gasteiger partial charge < -0.3 is 20.2 Å². The Bertz CT molecular complexity index is 905. The van der Waals surface area contributed by atoms with E-state index in [-0.39, 0.29) is 5.56 Å². The fraction of sp³-hybridized carbons (Fsp3) is 0.133. The molecule has 3 aromatic rings. The van der Waals surface area contributed by atoms with Crippen molar-refractivity contribution in [3.8, 4) is 23.0 Å². The molecule has 112 valence electrons. The minimum absolute atomic E-state index is 0.297. The fourth-order valence-electron chi connectivity index (χ4n) is 2.22. The number of hydrogen-bond acceptors (Lipinski definition) is 6. The van der Waals surface area contributed by atoms with Gasteiger partial charge in [0, 0.05) is 18.3 Å². The Kier molecular flexibility index (Phi) is 3.38. The lowest BCUT2D eigenvalue weighted by Crippen LogP contribution is -2.12. The maximum atomic E-state index is 12.4. The van der Waals surface area contributed by atoms with Gasteiger partial charge in [-0.2, -0.15) is 0 Å². The van der Waals surface area contributed by atoms with Gasteiger partial charge in [0.25, 0.3) is 5.56 Å². The molecule has 7 heteroatoms. The zero-order chi connectivity index (χ0) is 15.7. The van der Waals surface area contributed by atoms with Crippen LogP contribution >= 0.6 is 0 Å². The van der Waals surface area contributed by atoms with Crippen molar-refractivity contribution in [2.45, 2.75) is 0 Å². The highest BCUT2D eigenvalue weighted by Gasteiger charge is 2.14. The Morgan fingerprint density at radius 1 is 1.23 bits per heavy atom. The van der Waals surface area contributed by atoms with Gasteiger partial charge in [-0.05, 0) is 12.1 Å². The van der Waals surface area contributed by atoms with Crippen LogP contribution in [0.1, 0.15) is 0 Å². The molecule has 2 aromatic heterocycles. The molecule has 0 saturated carbocycles. The van der Waals surface area contributed by atoms with Crippen LogP contribution in [0.5, 0.6) is 11.5 Å². The monoisotopic (exact) mass is 298 g/mol. The van der Waals surface area contributed by atoms with Crippen molar-refractivity contribution in [3.05, 3.63) is 40.8 Å². The highest BCUT2D eigenvalue weighted by Crippen LogP contribution is 2.29. The minimum Gasteiger partial charge on any atom is -0.497 e. The molecule has 7 nitrogen and oxygen atoms in total. The predicted molar refractivity (Wildman–Crippen MR) is 83.1 cm³/mol. The predicted octanol–water partition coefficient (Wildman–Crippen LogP) is 1.58. The number of ether oxygens (including phenoxy) is 2. The largest absolute Gasteiger partial charge is 0.497 e. The Labute approximate surface area is 125 Å². The molecule has 0 unspecified atom stereocenters. The van der Waals surface area contributed by atoms with Crippen LogP contribution in [-0.2, 0) is 0 Å². The van der Waals surface area contributed by atoms with E-state index < -0.39 is 0 Å². The number of hydrogen-bond donors (Lipinski definition) is 2. The van der Waals surface area contributed by atoms with Gasteiger partial charge in [0.1, 0.15) is 22.6 Å². The van der Waals surface area contributed by atoms with Crippen LogP contribution in [0.25, 0.3) is 22.4 Å². The molecule has 0 amide bonds. The lowest BCUT2D eigenvalue weighted by atomic mass is 10.2. The van der Waals surface area contributed by atoms with E-state index in [0.29, 0.717) is 39.6 Å². The van der Waals surface area contributed by atoms with Crippen molar-refractivity contribution >= 4 is 16.6 Å². The second kappa shape index (κ2) is 5.36. The second-order valence-corrected chi connectivity index (χ2v) is 4.58. The van der Waals surface area contributed by atoms with E-state index in [9.17, 15) is 4.79 Å². The molecule has 0 spiro atoms. The number of nitrogens with one attached hydrogen (secondary N) is 1. The molecule has 0 saturated heterocycles. The van der Waals surface area contributed by atoms with Crippen molar-refractivity contribution in [2.24, 2.45) is 0 Å². The van der Waals surface area contributed by atoms with Gasteiger partial charge in [-0.1, -0.05) is 0 Å². The Balaban J connectivity index is 2.33. The van der Waals surface area contributed by atoms with Crippen molar-refractivity contribution < 1.29 is 9.47 Å². The van der Waals surface area contributed by atoms with Crippen LogP contribution in [-0.4, -0.2) is 29.2 Å². The first-order valence-electron chi connectivity index (χ1n) is 6.51. The fourth-order valence-corrected chi connectivity index (χ4v) is 2.22. The zero-order valence-corrected chi connectivity index (χ0v) is 12.1. The van der Waals surface area contributed by atoms with E-state index in [1.54, 1.807) is 30.5 Å². The van der Waals surface area contributed by atoms with E-state index in [1.165, 1.54) is 14.2 Å². The number of anilines is 1. The summed E-state index contributed by atoms with van der Waals surface area (Å²) < 4.78 is 10.4. The molecule has 0 aliphatic carbocycles. The minimum atomic E-state index is -0.329. The first-order valence-corrected chi connectivity index (χ1v) is 6.51. The summed E-state index contributed by atoms with van der Waals surface area (Å²) in [5, 5.41) is 0.349. The van der Waals surface area contributed by atoms with Gasteiger partial charge in [-0.25, -0.2) is 4.98 Å². The van der Waals surface area contributed by atoms with Crippen LogP contribution in [0.3, 0.4) is 0 Å². The molecule has 0 bridgehead atoms. The van der Waals surface area contributed by atoms with Crippen LogP contribution in [0.2, 0.25) is 0 Å². The SMILES string of the molecule is COc1cc(OC)c2c(=O)[nH]c(-c3ncccc3N)nc2c1. The summed E-state index contributed by atoms with van der Waals surface area (Å²) in [7, 11) is 3.02. The lowest BCUT2D eigenvalue weighted by Gasteiger charge is -2.09. The number of rotatable bonds is 3. The number of aromatic nitrogens is 3. The van der Waals surface area contributed by atoms with E-state index in [2.05, 4.69) is 15.0 Å². The van der Waals surface area contributed by atoms with Crippen molar-refractivity contribution in [3.63, 3.8) is 0 Å². The maximum absolute atomic E-state index is 12.4. The van der Waals surface area contributed by atoms with Crippen molar-refractivity contribution in [1.82, 2.24) is 15.0 Å². The number of nitrogens with zero attached hydrogens (tertiary/aromatic N) is 2. The van der Waals surface area contributed by atoms with Crippen LogP contribution < -0.4 is 20.8 Å². The number of H-pyrrole nitrogens is 1. The smallest absolute Gasteiger partial charge is 0.262 e. The Morgan fingerprint density at radius 3 is 2.73 bits per heavy atom. The summed E-state index contributed by atoms with van der Waals surface area (Å²) >= 11 is 0. The number of pyridine rings is 1. The molecule has 3 N–H and O–H groups in total. The van der Waals surface area contributed by atoms with E-state index >= 15 is 0 Å². The van der Waals surface area contributed by atoms with Crippen LogP contribution in [0.4, 0.5) is 5.69 Å². The summed E-state index contributed by atoms with van der Waals surface area (Å²) in [4.78, 5) is 23.7. The van der Waals surface area contributed by atoms with Crippen LogP contribution in [0.15, 0.2) is 35.3 Å². The van der Waals surface area contributed by atoms with Gasteiger partial charge in [0.2, 0.25) is 0 Å². The summed E-state index contributed by atoms with van der Waals surface area (Å²) in [5.74, 6) is 1.23. The molecular formula is C15H14N4O3. The Morgan fingerprint density at radius 2 is 2.05 bits per heavy atom. The Hall–Kier alpha value is -3.09. The number of methoxy groups -OCH3 is 2. The van der Waals surface area contributed by atoms with Crippen molar-refractivity contribution in [1.29, 1.82) is 0 Å². The molecule has 3 rings (SSSR count). The molecule has 1 aromatic carbocycles. The van der Waals surface area contributed by atoms with Crippen molar-refractivity contribution in [2.75, 3.05) is 20.0 Å². The molecule has 0 fully saturated rings. The lowest BCUT2D eigenvalue weighted by molar-refractivity contribution is 0.397. The molecule has 0 radical (unpaired) electrons. The topological polar surface area (TPSA) is 103 Å². The molecular weight excluding hydrogens is 284 g/mol. The van der Waals surface area contributed by atoms with Crippen LogP contribution in [0, 0.1) is 0 Å². The first kappa shape index (κ1) is 13.9. The normalized spacial score (nSPS) is 10.6. The number of nitrogen functional groups attached to an aromatic ring is 1. The van der Waals surface area contributed by atoms with Gasteiger partial charge in [0.05, 0.1) is 25.4 Å². The molecule has 0 aliphatic heterocycles. The highest BCUT2D eigenvalue weighted by atomic mass is 16.5. The van der Waals surface area contributed by atoms with Gasteiger partial charge >= 0.3 is 0 Å². The van der Waals surface area contributed by atoms with Gasteiger partial charge in [-0.3, -0.25) is 9.78 Å². The summed E-state index contributed by atoms with van der Waals surface area (Å²) in [6, 6.07) is 6.70. The van der Waals surface area contributed by atoms with E-state index in [0.717, 1.165) is 0 Å². The van der Waals surface area contributed by atoms with Gasteiger partial charge in [-0.15, -0.1) is 0 Å². The number of fused-ring (bicyclic) bond motifs is 1. The third-order valence-electron chi connectivity index (χ3n) is 3.26. The summed E-state index contributed by atoms with van der Waals surface area (Å²) in [5.41, 5.74) is 6.85. The zero-order valence-electron chi connectivity index (χ0n) is 12.1. The van der Waals surface area contributed by atoms with E-state index in [4.69, 9.17) is 15.2 Å². The first-order chi connectivity index (χ1) is 10.6. The number of nitrogens with two attached hydrogens (primary N) is 1. The third kappa shape index (κ3) is 2.22. The standard InChI is InChI=1S/C15H14N4O3/c1-21-8-6-10-12(11(7-8)22-2)15(20)19-14(18-10)13-9(16)4-3-5-17-13/h3-7H,16H2,1-2H3,(H,18,19,20). The average Bonchev–Trinajstić information content (AvgIpc) is 2.53. The number of benzene rings is 1. The quantitative estimate of drug-likeness (QED) is 0.761. The molecule has 0 aliphatic rings. The molecule has 2 heterocycles. The molecule has 0 atom stereocenters. The highest BCUT2D eigenvalue weighted by molar-refractivity contribution is 5.87. The van der Waals surface area contributed by atoms with E-state index in [1.807, 2.05) is 0 Å². The second-order valence-electron chi connectivity index (χ2n) is 4.58. The maximum Gasteiger partial charge on any atom is 0.262 e. The van der Waals surface area contributed by atoms with Gasteiger partial charge in [0.15, 0.2) is 5.82 Å². The summed E-state index contributed by atoms with van der Waals surface area (Å²) in [6.45, 7) is 0. The third-order valence-corrected chi connectivity index (χ3v) is 3.26. The summed E-state index contributed by atoms with van der Waals surface area (Å²) in [6.07, 6.45) is 1.59. The molecule has 22 heavy (non-hydrogen) atoms. The average molecular weight is 298 g/mol. The number of aromatic amines is 1.